The zero-order valence-electron chi connectivity index (χ0n) is 8.42. The molecule has 80 valence electrons. The van der Waals surface area contributed by atoms with Gasteiger partial charge in [-0.1, -0.05) is 22.0 Å². The summed E-state index contributed by atoms with van der Waals surface area (Å²) in [5, 5.41) is 0. The lowest BCUT2D eigenvalue weighted by Gasteiger charge is -2.23. The standard InChI is InChI=1S/C12H13BrClN/c13-11-2-1-3-12(10(11)5-14)15-6-8-4-9(8)7-15/h1-3,8-9H,4-7H2. The highest BCUT2D eigenvalue weighted by atomic mass is 79.9. The number of nitrogens with zero attached hydrogens (tertiary/aromatic N) is 1. The molecule has 1 aromatic carbocycles. The van der Waals surface area contributed by atoms with Crippen LogP contribution < -0.4 is 4.90 Å². The van der Waals surface area contributed by atoms with Crippen molar-refractivity contribution in [2.45, 2.75) is 12.3 Å². The van der Waals surface area contributed by atoms with E-state index in [0.29, 0.717) is 5.88 Å². The molecule has 1 saturated heterocycles. The van der Waals surface area contributed by atoms with Crippen molar-refractivity contribution >= 4 is 33.2 Å². The SMILES string of the molecule is ClCc1c(Br)cccc1N1CC2CC2C1. The van der Waals surface area contributed by atoms with Crippen LogP contribution in [-0.2, 0) is 5.88 Å². The lowest BCUT2D eigenvalue weighted by atomic mass is 10.2. The largest absolute Gasteiger partial charge is 0.371 e. The molecule has 0 spiro atoms. The second-order valence-electron chi connectivity index (χ2n) is 4.53. The van der Waals surface area contributed by atoms with Gasteiger partial charge < -0.3 is 4.90 Å². The molecule has 0 aromatic heterocycles. The highest BCUT2D eigenvalue weighted by Gasteiger charge is 2.45. The topological polar surface area (TPSA) is 3.24 Å². The van der Waals surface area contributed by atoms with E-state index in [0.717, 1.165) is 16.3 Å². The number of hydrogen-bond acceptors (Lipinski definition) is 1. The average Bonchev–Trinajstić information content (AvgIpc) is 2.85. The molecule has 1 aliphatic carbocycles. The summed E-state index contributed by atoms with van der Waals surface area (Å²) in [4.78, 5) is 2.49. The van der Waals surface area contributed by atoms with E-state index < -0.39 is 0 Å². The first-order valence-corrected chi connectivity index (χ1v) is 6.70. The lowest BCUT2D eigenvalue weighted by Crippen LogP contribution is -2.22. The predicted molar refractivity (Wildman–Crippen MR) is 67.5 cm³/mol. The Morgan fingerprint density at radius 3 is 2.73 bits per heavy atom. The van der Waals surface area contributed by atoms with Crippen LogP contribution in [0, 0.1) is 11.8 Å². The Bertz CT molecular complexity index is 383. The summed E-state index contributed by atoms with van der Waals surface area (Å²) >= 11 is 9.58. The van der Waals surface area contributed by atoms with Gasteiger partial charge in [0, 0.05) is 28.8 Å². The minimum atomic E-state index is 0.586. The summed E-state index contributed by atoms with van der Waals surface area (Å²) in [5.74, 6) is 2.52. The fraction of sp³-hybridized carbons (Fsp3) is 0.500. The van der Waals surface area contributed by atoms with Crippen molar-refractivity contribution in [3.05, 3.63) is 28.2 Å². The van der Waals surface area contributed by atoms with Gasteiger partial charge in [0.05, 0.1) is 5.88 Å². The van der Waals surface area contributed by atoms with Crippen molar-refractivity contribution in [3.8, 4) is 0 Å². The first-order chi connectivity index (χ1) is 7.29. The first-order valence-electron chi connectivity index (χ1n) is 5.38. The lowest BCUT2D eigenvalue weighted by molar-refractivity contribution is 0.815. The van der Waals surface area contributed by atoms with Gasteiger partial charge in [-0.2, -0.15) is 0 Å². The van der Waals surface area contributed by atoms with Crippen LogP contribution >= 0.6 is 27.5 Å². The third-order valence-electron chi connectivity index (χ3n) is 3.55. The molecule has 0 bridgehead atoms. The van der Waals surface area contributed by atoms with Gasteiger partial charge in [-0.15, -0.1) is 11.6 Å². The van der Waals surface area contributed by atoms with E-state index in [4.69, 9.17) is 11.6 Å². The number of piperidine rings is 1. The zero-order valence-corrected chi connectivity index (χ0v) is 10.8. The van der Waals surface area contributed by atoms with Gasteiger partial charge in [0.1, 0.15) is 0 Å². The molecule has 1 saturated carbocycles. The van der Waals surface area contributed by atoms with E-state index in [1.807, 2.05) is 0 Å². The molecule has 3 heteroatoms. The fourth-order valence-electron chi connectivity index (χ4n) is 2.57. The van der Waals surface area contributed by atoms with Crippen LogP contribution in [0.1, 0.15) is 12.0 Å². The number of alkyl halides is 1. The van der Waals surface area contributed by atoms with Crippen molar-refractivity contribution in [1.82, 2.24) is 0 Å². The summed E-state index contributed by atoms with van der Waals surface area (Å²) in [6.07, 6.45) is 1.45. The molecule has 2 fully saturated rings. The van der Waals surface area contributed by atoms with E-state index in [9.17, 15) is 0 Å². The molecule has 1 aromatic rings. The van der Waals surface area contributed by atoms with Crippen LogP contribution in [0.15, 0.2) is 22.7 Å². The molecule has 1 heterocycles. The van der Waals surface area contributed by atoms with Gasteiger partial charge in [0.15, 0.2) is 0 Å². The van der Waals surface area contributed by atoms with E-state index in [2.05, 4.69) is 39.0 Å². The van der Waals surface area contributed by atoms with Crippen molar-refractivity contribution in [2.24, 2.45) is 11.8 Å². The summed E-state index contributed by atoms with van der Waals surface area (Å²) < 4.78 is 1.13. The van der Waals surface area contributed by atoms with E-state index in [1.54, 1.807) is 0 Å². The van der Waals surface area contributed by atoms with Gasteiger partial charge >= 0.3 is 0 Å². The normalized spacial score (nSPS) is 28.0. The van der Waals surface area contributed by atoms with Gasteiger partial charge in [-0.3, -0.25) is 0 Å². The third-order valence-corrected chi connectivity index (χ3v) is 4.56. The first kappa shape index (κ1) is 9.98. The Morgan fingerprint density at radius 2 is 2.07 bits per heavy atom. The maximum Gasteiger partial charge on any atom is 0.0505 e. The van der Waals surface area contributed by atoms with Gasteiger partial charge in [-0.05, 0) is 30.4 Å². The monoisotopic (exact) mass is 285 g/mol. The molecule has 2 aliphatic rings. The smallest absolute Gasteiger partial charge is 0.0505 e. The summed E-state index contributed by atoms with van der Waals surface area (Å²) in [5.41, 5.74) is 2.56. The van der Waals surface area contributed by atoms with Crippen LogP contribution in [0.4, 0.5) is 5.69 Å². The Hall–Kier alpha value is -0.210. The van der Waals surface area contributed by atoms with Crippen molar-refractivity contribution in [2.75, 3.05) is 18.0 Å². The van der Waals surface area contributed by atoms with Gasteiger partial charge in [-0.25, -0.2) is 0 Å². The highest BCUT2D eigenvalue weighted by molar-refractivity contribution is 9.10. The Morgan fingerprint density at radius 1 is 1.33 bits per heavy atom. The van der Waals surface area contributed by atoms with E-state index >= 15 is 0 Å². The number of rotatable bonds is 2. The predicted octanol–water partition coefficient (Wildman–Crippen LogP) is 3.64. The molecule has 15 heavy (non-hydrogen) atoms. The van der Waals surface area contributed by atoms with E-state index in [1.165, 1.54) is 30.8 Å². The molecule has 2 atom stereocenters. The maximum absolute atomic E-state index is 6.01. The number of hydrogen-bond donors (Lipinski definition) is 0. The number of fused-ring (bicyclic) bond motifs is 1. The van der Waals surface area contributed by atoms with Crippen molar-refractivity contribution < 1.29 is 0 Å². The zero-order chi connectivity index (χ0) is 10.4. The van der Waals surface area contributed by atoms with Crippen LogP contribution in [0.2, 0.25) is 0 Å². The average molecular weight is 287 g/mol. The minimum absolute atomic E-state index is 0.586. The summed E-state index contributed by atoms with van der Waals surface area (Å²) in [6, 6.07) is 6.35. The summed E-state index contributed by atoms with van der Waals surface area (Å²) in [7, 11) is 0. The van der Waals surface area contributed by atoms with Gasteiger partial charge in [0.25, 0.3) is 0 Å². The second kappa shape index (κ2) is 3.67. The minimum Gasteiger partial charge on any atom is -0.371 e. The fourth-order valence-corrected chi connectivity index (χ4v) is 3.51. The molecule has 1 aliphatic heterocycles. The molecular formula is C12H13BrClN. The van der Waals surface area contributed by atoms with Crippen molar-refractivity contribution in [1.29, 1.82) is 0 Å². The van der Waals surface area contributed by atoms with Crippen molar-refractivity contribution in [3.63, 3.8) is 0 Å². The molecular weight excluding hydrogens is 273 g/mol. The molecule has 2 unspecified atom stereocenters. The van der Waals surface area contributed by atoms with Crippen LogP contribution in [0.5, 0.6) is 0 Å². The molecule has 1 nitrogen and oxygen atoms in total. The third kappa shape index (κ3) is 1.68. The number of benzene rings is 1. The molecule has 3 rings (SSSR count). The molecule has 0 N–H and O–H groups in total. The molecule has 0 radical (unpaired) electrons. The maximum atomic E-state index is 6.01. The molecule has 0 amide bonds. The number of anilines is 1. The highest BCUT2D eigenvalue weighted by Crippen LogP contribution is 2.47. The number of halogens is 2. The quantitative estimate of drug-likeness (QED) is 0.750. The van der Waals surface area contributed by atoms with Crippen LogP contribution in [-0.4, -0.2) is 13.1 Å². The Balaban J connectivity index is 1.93. The van der Waals surface area contributed by atoms with E-state index in [-0.39, 0.29) is 0 Å². The van der Waals surface area contributed by atoms with Crippen LogP contribution in [0.25, 0.3) is 0 Å². The Labute approximate surface area is 104 Å². The summed E-state index contributed by atoms with van der Waals surface area (Å²) in [6.45, 7) is 2.45. The Kier molecular flexibility index (Phi) is 2.44. The van der Waals surface area contributed by atoms with Crippen LogP contribution in [0.3, 0.4) is 0 Å². The second-order valence-corrected chi connectivity index (χ2v) is 5.65. The van der Waals surface area contributed by atoms with Gasteiger partial charge in [0.2, 0.25) is 0 Å².